The molecule has 0 fully saturated rings. The first-order chi connectivity index (χ1) is 15.7. The molecule has 0 bridgehead atoms. The Morgan fingerprint density at radius 2 is 2.12 bits per heavy atom. The van der Waals surface area contributed by atoms with Crippen LogP contribution in [0, 0.1) is 3.57 Å². The van der Waals surface area contributed by atoms with Crippen LogP contribution in [0.3, 0.4) is 0 Å². The third kappa shape index (κ3) is 7.40. The largest absolute Gasteiger partial charge is 0.492 e. The quantitative estimate of drug-likeness (QED) is 0.169. The second-order valence-corrected chi connectivity index (χ2v) is 9.44. The monoisotopic (exact) mass is 652 g/mol. The molecular weight excluding hydrogens is 636 g/mol. The van der Waals surface area contributed by atoms with E-state index in [1.54, 1.807) is 5.38 Å². The van der Waals surface area contributed by atoms with Crippen molar-refractivity contribution in [3.8, 4) is 5.75 Å². The van der Waals surface area contributed by atoms with Crippen LogP contribution in [0.5, 0.6) is 5.75 Å². The number of amides is 1. The van der Waals surface area contributed by atoms with Crippen LogP contribution in [0.1, 0.15) is 23.7 Å². The molecule has 3 rings (SSSR count). The molecule has 6 nitrogen and oxygen atoms in total. The molecule has 3 aromatic rings. The van der Waals surface area contributed by atoms with E-state index < -0.39 is 11.7 Å². The van der Waals surface area contributed by atoms with Crippen LogP contribution in [0.2, 0.25) is 0 Å². The zero-order chi connectivity index (χ0) is 24.0. The number of hydrogen-bond donors (Lipinski definition) is 2. The maximum atomic E-state index is 12.8. The van der Waals surface area contributed by atoms with Gasteiger partial charge in [0.15, 0.2) is 5.13 Å². The number of nitrogens with one attached hydrogen (secondary N) is 2. The average molecular weight is 653 g/mol. The molecule has 2 aromatic carbocycles. The molecule has 0 radical (unpaired) electrons. The predicted octanol–water partition coefficient (Wildman–Crippen LogP) is 6.36. The van der Waals surface area contributed by atoms with Gasteiger partial charge < -0.3 is 10.1 Å². The number of hydrazone groups is 1. The molecule has 0 unspecified atom stereocenters. The molecule has 2 N–H and O–H groups in total. The summed E-state index contributed by atoms with van der Waals surface area (Å²) in [6.45, 7) is 2.45. The second kappa shape index (κ2) is 11.3. The van der Waals surface area contributed by atoms with E-state index in [1.807, 2.05) is 19.1 Å². The Hall–Kier alpha value is -2.19. The fourth-order valence-corrected chi connectivity index (χ4v) is 5.16. The van der Waals surface area contributed by atoms with Crippen molar-refractivity contribution in [3.05, 3.63) is 66.6 Å². The highest BCUT2D eigenvalue weighted by Gasteiger charge is 2.30. The minimum absolute atomic E-state index is 0.0252. The topological polar surface area (TPSA) is 75.6 Å². The predicted molar refractivity (Wildman–Crippen MR) is 134 cm³/mol. The Balaban J connectivity index is 1.56. The van der Waals surface area contributed by atoms with Crippen LogP contribution in [-0.4, -0.2) is 23.7 Å². The molecule has 0 aliphatic heterocycles. The molecule has 0 spiro atoms. The number of benzene rings is 2. The SMILES string of the molecule is CCOc1c(Br)cc(/C=N\NC(=O)Cc2csc(Nc3cccc(C(F)(F)F)c3)n2)cc1I. The van der Waals surface area contributed by atoms with Crippen LogP contribution in [0.15, 0.2) is 51.4 Å². The van der Waals surface area contributed by atoms with Gasteiger partial charge in [0.25, 0.3) is 0 Å². The van der Waals surface area contributed by atoms with Gasteiger partial charge in [-0.2, -0.15) is 18.3 Å². The summed E-state index contributed by atoms with van der Waals surface area (Å²) < 4.78 is 45.8. The van der Waals surface area contributed by atoms with Gasteiger partial charge in [0.1, 0.15) is 5.75 Å². The van der Waals surface area contributed by atoms with Gasteiger partial charge >= 0.3 is 6.18 Å². The summed E-state index contributed by atoms with van der Waals surface area (Å²) >= 11 is 6.80. The number of ether oxygens (including phenoxy) is 1. The zero-order valence-corrected chi connectivity index (χ0v) is 21.6. The molecule has 12 heteroatoms. The maximum absolute atomic E-state index is 12.8. The summed E-state index contributed by atoms with van der Waals surface area (Å²) in [6, 6.07) is 8.53. The molecule has 33 heavy (non-hydrogen) atoms. The highest BCUT2D eigenvalue weighted by molar-refractivity contribution is 14.1. The lowest BCUT2D eigenvalue weighted by Gasteiger charge is -2.09. The first kappa shape index (κ1) is 25.4. The summed E-state index contributed by atoms with van der Waals surface area (Å²) in [7, 11) is 0. The van der Waals surface area contributed by atoms with Crippen molar-refractivity contribution >= 4 is 72.8 Å². The number of carbonyl (C=O) groups is 1. The molecule has 1 amide bonds. The van der Waals surface area contributed by atoms with Crippen molar-refractivity contribution in [2.45, 2.75) is 19.5 Å². The van der Waals surface area contributed by atoms with Gasteiger partial charge in [0, 0.05) is 11.1 Å². The van der Waals surface area contributed by atoms with Crippen molar-refractivity contribution in [2.75, 3.05) is 11.9 Å². The van der Waals surface area contributed by atoms with E-state index in [-0.39, 0.29) is 18.0 Å². The van der Waals surface area contributed by atoms with Crippen LogP contribution in [0.4, 0.5) is 24.0 Å². The molecule has 0 saturated carbocycles. The van der Waals surface area contributed by atoms with Gasteiger partial charge in [-0.15, -0.1) is 11.3 Å². The maximum Gasteiger partial charge on any atom is 0.416 e. The van der Waals surface area contributed by atoms with Gasteiger partial charge in [0.2, 0.25) is 5.91 Å². The summed E-state index contributed by atoms with van der Waals surface area (Å²) in [5.74, 6) is 0.374. The lowest BCUT2D eigenvalue weighted by atomic mass is 10.2. The van der Waals surface area contributed by atoms with Crippen molar-refractivity contribution < 1.29 is 22.7 Å². The van der Waals surface area contributed by atoms with Gasteiger partial charge in [-0.05, 0) is 81.3 Å². The van der Waals surface area contributed by atoms with E-state index in [4.69, 9.17) is 4.74 Å². The number of anilines is 2. The molecule has 1 aromatic heterocycles. The summed E-state index contributed by atoms with van der Waals surface area (Å²) in [5.41, 5.74) is 3.20. The summed E-state index contributed by atoms with van der Waals surface area (Å²) in [6.07, 6.45) is -2.94. The first-order valence-electron chi connectivity index (χ1n) is 9.48. The molecule has 0 saturated heterocycles. The number of hydrogen-bond acceptors (Lipinski definition) is 6. The Morgan fingerprint density at radius 3 is 2.82 bits per heavy atom. The summed E-state index contributed by atoms with van der Waals surface area (Å²) in [4.78, 5) is 16.4. The Labute approximate surface area is 213 Å². The van der Waals surface area contributed by atoms with E-state index in [0.717, 1.165) is 31.5 Å². The van der Waals surface area contributed by atoms with Crippen molar-refractivity contribution in [1.82, 2.24) is 10.4 Å². The van der Waals surface area contributed by atoms with Gasteiger partial charge in [-0.3, -0.25) is 4.79 Å². The van der Waals surface area contributed by atoms with Gasteiger partial charge in [-0.25, -0.2) is 10.4 Å². The van der Waals surface area contributed by atoms with Crippen molar-refractivity contribution in [2.24, 2.45) is 5.10 Å². The lowest BCUT2D eigenvalue weighted by Crippen LogP contribution is -2.20. The standard InChI is InChI=1S/C21H17BrF3IN4O2S/c1-2-32-19-16(22)6-12(7-17(19)26)10-27-30-18(31)9-15-11-33-20(29-15)28-14-5-3-4-13(8-14)21(23,24)25/h3-8,10-11H,2,9H2,1H3,(H,28,29)(H,30,31)/b27-10-. The molecular formula is C21H17BrF3IN4O2S. The normalized spacial score (nSPS) is 11.6. The number of thiazole rings is 1. The fourth-order valence-electron chi connectivity index (χ4n) is 2.66. The molecule has 0 atom stereocenters. The first-order valence-corrected chi connectivity index (χ1v) is 12.2. The Morgan fingerprint density at radius 1 is 1.33 bits per heavy atom. The number of aromatic nitrogens is 1. The average Bonchev–Trinajstić information content (AvgIpc) is 3.17. The minimum atomic E-state index is -4.43. The summed E-state index contributed by atoms with van der Waals surface area (Å²) in [5, 5.41) is 8.84. The number of nitrogens with zero attached hydrogens (tertiary/aromatic N) is 2. The van der Waals surface area contributed by atoms with Crippen molar-refractivity contribution in [3.63, 3.8) is 0 Å². The highest BCUT2D eigenvalue weighted by atomic mass is 127. The van der Waals surface area contributed by atoms with Gasteiger partial charge in [-0.1, -0.05) is 6.07 Å². The third-order valence-electron chi connectivity index (χ3n) is 4.05. The van der Waals surface area contributed by atoms with E-state index in [2.05, 4.69) is 59.3 Å². The van der Waals surface area contributed by atoms with Gasteiger partial charge in [0.05, 0.1) is 38.5 Å². The minimum Gasteiger partial charge on any atom is -0.492 e. The highest BCUT2D eigenvalue weighted by Crippen LogP contribution is 2.32. The van der Waals surface area contributed by atoms with E-state index in [9.17, 15) is 18.0 Å². The number of rotatable bonds is 8. The van der Waals surface area contributed by atoms with E-state index in [0.29, 0.717) is 17.4 Å². The van der Waals surface area contributed by atoms with Crippen LogP contribution >= 0.6 is 49.9 Å². The fraction of sp³-hybridized carbons (Fsp3) is 0.190. The molecule has 0 aliphatic rings. The third-order valence-corrected chi connectivity index (χ3v) is 6.24. The van der Waals surface area contributed by atoms with E-state index >= 15 is 0 Å². The number of carbonyl (C=O) groups excluding carboxylic acids is 1. The Bertz CT molecular complexity index is 1150. The molecule has 1 heterocycles. The van der Waals surface area contributed by atoms with E-state index in [1.165, 1.54) is 29.7 Å². The Kier molecular flexibility index (Phi) is 8.70. The smallest absolute Gasteiger partial charge is 0.416 e. The van der Waals surface area contributed by atoms with Crippen molar-refractivity contribution in [1.29, 1.82) is 0 Å². The van der Waals surface area contributed by atoms with Crippen LogP contribution in [-0.2, 0) is 17.4 Å². The number of alkyl halides is 3. The van der Waals surface area contributed by atoms with Crippen LogP contribution in [0.25, 0.3) is 0 Å². The molecule has 174 valence electrons. The zero-order valence-electron chi connectivity index (χ0n) is 17.0. The number of halogens is 5. The second-order valence-electron chi connectivity index (χ2n) is 6.56. The van der Waals surface area contributed by atoms with Crippen LogP contribution < -0.4 is 15.5 Å². The molecule has 0 aliphatic carbocycles. The lowest BCUT2D eigenvalue weighted by molar-refractivity contribution is -0.137.